The van der Waals surface area contributed by atoms with Crippen molar-refractivity contribution in [2.75, 3.05) is 12.4 Å². The molecule has 0 radical (unpaired) electrons. The second-order valence-corrected chi connectivity index (χ2v) is 8.20. The summed E-state index contributed by atoms with van der Waals surface area (Å²) < 4.78 is 0. The fourth-order valence-electron chi connectivity index (χ4n) is 4.14. The van der Waals surface area contributed by atoms with Crippen LogP contribution in [0.2, 0.25) is 0 Å². The number of nitrogens with one attached hydrogen (secondary N) is 1. The van der Waals surface area contributed by atoms with Crippen molar-refractivity contribution in [1.82, 2.24) is 15.2 Å². The first-order chi connectivity index (χ1) is 14.6. The third kappa shape index (κ3) is 5.82. The molecule has 0 spiro atoms. The van der Waals surface area contributed by atoms with E-state index in [1.165, 1.54) is 12.0 Å². The maximum Gasteiger partial charge on any atom is 0.247 e. The van der Waals surface area contributed by atoms with Gasteiger partial charge in [-0.25, -0.2) is 0 Å². The number of amides is 2. The third-order valence-corrected chi connectivity index (χ3v) is 6.06. The summed E-state index contributed by atoms with van der Waals surface area (Å²) in [6.07, 6.45) is 9.42. The number of alkyl halides is 1. The number of aryl methyl sites for hydroxylation is 1. The van der Waals surface area contributed by atoms with Gasteiger partial charge < -0.3 is 10.2 Å². The average Bonchev–Trinajstić information content (AvgIpc) is 2.78. The first-order valence-electron chi connectivity index (χ1n) is 10.7. The van der Waals surface area contributed by atoms with Crippen molar-refractivity contribution in [3.63, 3.8) is 0 Å². The Hall–Kier alpha value is -2.40. The zero-order chi connectivity index (χ0) is 21.3. The number of hydrogen-bond acceptors (Lipinski definition) is 3. The fourth-order valence-corrected chi connectivity index (χ4v) is 4.30. The number of halogens is 1. The molecule has 1 heterocycles. The lowest BCUT2D eigenvalue weighted by molar-refractivity contribution is -0.139. The largest absolute Gasteiger partial charge is 0.351 e. The molecule has 160 valence electrons. The molecule has 1 aromatic carbocycles. The molecule has 0 bridgehead atoms. The van der Waals surface area contributed by atoms with Crippen LogP contribution in [0.1, 0.15) is 54.8 Å². The molecule has 2 aromatic rings. The van der Waals surface area contributed by atoms with Crippen molar-refractivity contribution in [1.29, 1.82) is 0 Å². The second kappa shape index (κ2) is 11.1. The molecule has 1 aliphatic rings. The molecule has 2 amide bonds. The van der Waals surface area contributed by atoms with Gasteiger partial charge in [0.05, 0.1) is 0 Å². The van der Waals surface area contributed by atoms with E-state index in [0.29, 0.717) is 18.5 Å². The number of carbonyl (C=O) groups excluding carboxylic acids is 2. The number of benzene rings is 1. The van der Waals surface area contributed by atoms with E-state index in [1.807, 2.05) is 18.2 Å². The second-order valence-electron chi connectivity index (χ2n) is 7.93. The molecule has 1 fully saturated rings. The van der Waals surface area contributed by atoms with Crippen LogP contribution in [0, 0.1) is 6.92 Å². The molecule has 1 aromatic heterocycles. The van der Waals surface area contributed by atoms with Gasteiger partial charge in [-0.05, 0) is 43.4 Å². The van der Waals surface area contributed by atoms with Crippen LogP contribution in [0.25, 0.3) is 0 Å². The fraction of sp³-hybridized carbons (Fsp3) is 0.458. The van der Waals surface area contributed by atoms with Gasteiger partial charge >= 0.3 is 0 Å². The molecule has 5 nitrogen and oxygen atoms in total. The highest BCUT2D eigenvalue weighted by molar-refractivity contribution is 6.27. The van der Waals surface area contributed by atoms with E-state index in [1.54, 1.807) is 23.4 Å². The first-order valence-corrected chi connectivity index (χ1v) is 11.2. The summed E-state index contributed by atoms with van der Waals surface area (Å²) in [5, 5.41) is 3.18. The van der Waals surface area contributed by atoms with Gasteiger partial charge in [-0.2, -0.15) is 0 Å². The minimum atomic E-state index is -0.740. The summed E-state index contributed by atoms with van der Waals surface area (Å²) in [7, 11) is 0. The van der Waals surface area contributed by atoms with Crippen LogP contribution >= 0.6 is 11.6 Å². The van der Waals surface area contributed by atoms with Gasteiger partial charge in [-0.15, -0.1) is 11.6 Å². The number of hydrogen-bond donors (Lipinski definition) is 1. The monoisotopic (exact) mass is 427 g/mol. The molecular weight excluding hydrogens is 398 g/mol. The Labute approximate surface area is 183 Å². The number of pyridine rings is 1. The highest BCUT2D eigenvalue weighted by Gasteiger charge is 2.32. The van der Waals surface area contributed by atoms with E-state index >= 15 is 0 Å². The topological polar surface area (TPSA) is 62.3 Å². The van der Waals surface area contributed by atoms with E-state index in [0.717, 1.165) is 31.2 Å². The Bertz CT molecular complexity index is 837. The smallest absolute Gasteiger partial charge is 0.247 e. The average molecular weight is 428 g/mol. The molecule has 1 unspecified atom stereocenters. The Morgan fingerprint density at radius 1 is 1.17 bits per heavy atom. The predicted octanol–water partition coefficient (Wildman–Crippen LogP) is 4.19. The molecule has 30 heavy (non-hydrogen) atoms. The number of aromatic nitrogens is 1. The quantitative estimate of drug-likeness (QED) is 0.642. The Morgan fingerprint density at radius 3 is 2.60 bits per heavy atom. The molecule has 1 atom stereocenters. The maximum atomic E-state index is 13.4. The SMILES string of the molecule is Cc1ccccc1CCN(C(=O)CCl)C(C(=O)NC1CCCCC1)c1cccnc1. The van der Waals surface area contributed by atoms with Gasteiger partial charge in [0.1, 0.15) is 11.9 Å². The summed E-state index contributed by atoms with van der Waals surface area (Å²) in [5.74, 6) is -0.572. The third-order valence-electron chi connectivity index (χ3n) is 5.83. The molecule has 0 aliphatic heterocycles. The summed E-state index contributed by atoms with van der Waals surface area (Å²) in [4.78, 5) is 32.0. The molecule has 0 saturated heterocycles. The highest BCUT2D eigenvalue weighted by Crippen LogP contribution is 2.24. The van der Waals surface area contributed by atoms with E-state index < -0.39 is 6.04 Å². The van der Waals surface area contributed by atoms with Gasteiger partial charge in [-0.3, -0.25) is 14.6 Å². The van der Waals surface area contributed by atoms with Crippen LogP contribution in [0.4, 0.5) is 0 Å². The van der Waals surface area contributed by atoms with Gasteiger partial charge in [0.2, 0.25) is 11.8 Å². The Kier molecular flexibility index (Phi) is 8.26. The van der Waals surface area contributed by atoms with Crippen LogP contribution in [-0.2, 0) is 16.0 Å². The van der Waals surface area contributed by atoms with Crippen molar-refractivity contribution in [2.45, 2.75) is 57.5 Å². The van der Waals surface area contributed by atoms with Gasteiger partial charge in [0.25, 0.3) is 0 Å². The summed E-state index contributed by atoms with van der Waals surface area (Å²) in [5.41, 5.74) is 3.02. The van der Waals surface area contributed by atoms with Gasteiger partial charge in [0.15, 0.2) is 0 Å². The summed E-state index contributed by atoms with van der Waals surface area (Å²) in [6, 6.07) is 11.2. The van der Waals surface area contributed by atoms with Crippen LogP contribution in [0.15, 0.2) is 48.8 Å². The Morgan fingerprint density at radius 2 is 1.93 bits per heavy atom. The minimum absolute atomic E-state index is 0.154. The highest BCUT2D eigenvalue weighted by atomic mass is 35.5. The number of carbonyl (C=O) groups is 2. The molecular formula is C24H30ClN3O2. The van der Waals surface area contributed by atoms with Gasteiger partial charge in [-0.1, -0.05) is 49.6 Å². The van der Waals surface area contributed by atoms with Gasteiger partial charge in [0, 0.05) is 30.5 Å². The molecule has 1 N–H and O–H groups in total. The zero-order valence-corrected chi connectivity index (χ0v) is 18.3. The van der Waals surface area contributed by atoms with Crippen LogP contribution in [-0.4, -0.2) is 40.2 Å². The van der Waals surface area contributed by atoms with Crippen LogP contribution in [0.3, 0.4) is 0 Å². The number of nitrogens with zero attached hydrogens (tertiary/aromatic N) is 2. The van der Waals surface area contributed by atoms with Crippen molar-refractivity contribution < 1.29 is 9.59 Å². The predicted molar refractivity (Wildman–Crippen MR) is 119 cm³/mol. The number of rotatable bonds is 8. The van der Waals surface area contributed by atoms with E-state index in [2.05, 4.69) is 29.4 Å². The molecule has 1 aliphatic carbocycles. The zero-order valence-electron chi connectivity index (χ0n) is 17.5. The lowest BCUT2D eigenvalue weighted by Crippen LogP contribution is -2.48. The van der Waals surface area contributed by atoms with E-state index in [4.69, 9.17) is 11.6 Å². The molecule has 1 saturated carbocycles. The first kappa shape index (κ1) is 22.3. The maximum absolute atomic E-state index is 13.4. The molecule has 6 heteroatoms. The van der Waals surface area contributed by atoms with Crippen LogP contribution in [0.5, 0.6) is 0 Å². The lowest BCUT2D eigenvalue weighted by Gasteiger charge is -2.33. The van der Waals surface area contributed by atoms with E-state index in [-0.39, 0.29) is 23.7 Å². The normalized spacial score (nSPS) is 15.4. The van der Waals surface area contributed by atoms with Crippen molar-refractivity contribution in [3.05, 3.63) is 65.5 Å². The van der Waals surface area contributed by atoms with Crippen molar-refractivity contribution in [2.24, 2.45) is 0 Å². The summed E-state index contributed by atoms with van der Waals surface area (Å²) in [6.45, 7) is 2.46. The Balaban J connectivity index is 1.85. The van der Waals surface area contributed by atoms with Crippen molar-refractivity contribution in [3.8, 4) is 0 Å². The summed E-state index contributed by atoms with van der Waals surface area (Å²) >= 11 is 5.95. The van der Waals surface area contributed by atoms with Crippen LogP contribution < -0.4 is 5.32 Å². The van der Waals surface area contributed by atoms with E-state index in [9.17, 15) is 9.59 Å². The minimum Gasteiger partial charge on any atom is -0.351 e. The molecule has 3 rings (SSSR count). The van der Waals surface area contributed by atoms with Crippen molar-refractivity contribution >= 4 is 23.4 Å². The standard InChI is InChI=1S/C24H30ClN3O2/c1-18-8-5-6-9-19(18)13-15-28(22(29)16-25)23(20-10-7-14-26-17-20)24(30)27-21-11-3-2-4-12-21/h5-10,14,17,21,23H,2-4,11-13,15-16H2,1H3,(H,27,30). The lowest BCUT2D eigenvalue weighted by atomic mass is 9.94.